The summed E-state index contributed by atoms with van der Waals surface area (Å²) >= 11 is 6.15. The molecule has 0 amide bonds. The normalized spacial score (nSPS) is 10.5. The maximum absolute atomic E-state index is 11.6. The number of nitrogens with zero attached hydrogens (tertiary/aromatic N) is 3. The second kappa shape index (κ2) is 7.59. The number of hydrogen-bond donors (Lipinski definition) is 0. The Morgan fingerprint density at radius 3 is 1.96 bits per heavy atom. The molecule has 7 nitrogen and oxygen atoms in total. The van der Waals surface area contributed by atoms with Crippen molar-refractivity contribution >= 4 is 17.3 Å². The fourth-order valence-electron chi connectivity index (χ4n) is 2.45. The van der Waals surface area contributed by atoms with Crippen molar-refractivity contribution in [3.05, 3.63) is 74.6 Å². The number of ether oxygens (including phenoxy) is 2. The summed E-state index contributed by atoms with van der Waals surface area (Å²) in [5.41, 5.74) is 2.17. The molecule has 8 heteroatoms. The maximum Gasteiger partial charge on any atom is 0.393 e. The summed E-state index contributed by atoms with van der Waals surface area (Å²) in [6.07, 6.45) is 1.15. The number of aromatic nitrogens is 2. The van der Waals surface area contributed by atoms with Crippen LogP contribution in [0.2, 0.25) is 5.02 Å². The van der Waals surface area contributed by atoms with Crippen molar-refractivity contribution in [2.45, 2.75) is 20.8 Å². The molecule has 3 aromatic rings. The van der Waals surface area contributed by atoms with Gasteiger partial charge in [-0.3, -0.25) is 10.1 Å². The highest BCUT2D eigenvalue weighted by molar-refractivity contribution is 6.32. The van der Waals surface area contributed by atoms with Gasteiger partial charge in [0.05, 0.1) is 4.92 Å². The topological polar surface area (TPSA) is 87.4 Å². The molecule has 27 heavy (non-hydrogen) atoms. The molecule has 0 fully saturated rings. The Morgan fingerprint density at radius 1 is 0.926 bits per heavy atom. The van der Waals surface area contributed by atoms with Crippen molar-refractivity contribution < 1.29 is 14.4 Å². The number of halogens is 1. The Labute approximate surface area is 160 Å². The van der Waals surface area contributed by atoms with E-state index in [2.05, 4.69) is 9.97 Å². The summed E-state index contributed by atoms with van der Waals surface area (Å²) in [5.74, 6) is 0.401. The molecule has 2 aromatic carbocycles. The zero-order valence-electron chi connectivity index (χ0n) is 14.9. The van der Waals surface area contributed by atoms with Crippen LogP contribution in [-0.4, -0.2) is 14.9 Å². The van der Waals surface area contributed by atoms with Crippen LogP contribution in [0.1, 0.15) is 16.7 Å². The Kier molecular flexibility index (Phi) is 5.23. The van der Waals surface area contributed by atoms with Crippen molar-refractivity contribution in [1.29, 1.82) is 0 Å². The molecule has 0 unspecified atom stereocenters. The molecule has 0 bridgehead atoms. The van der Waals surface area contributed by atoms with E-state index in [0.717, 1.165) is 23.0 Å². The first-order valence-electron chi connectivity index (χ1n) is 8.03. The molecule has 0 aliphatic rings. The SMILES string of the molecule is Cc1ccc(Oc2ncnc(Oc3cc(C)c(Cl)c(C)c3)c2[N+](=O)[O-])cc1. The van der Waals surface area contributed by atoms with E-state index in [0.29, 0.717) is 16.5 Å². The van der Waals surface area contributed by atoms with Crippen molar-refractivity contribution in [2.75, 3.05) is 0 Å². The van der Waals surface area contributed by atoms with Crippen LogP contribution in [0.3, 0.4) is 0 Å². The highest BCUT2D eigenvalue weighted by Gasteiger charge is 2.27. The van der Waals surface area contributed by atoms with Crippen LogP contribution in [0.25, 0.3) is 0 Å². The molecule has 0 aliphatic heterocycles. The molecule has 0 spiro atoms. The minimum absolute atomic E-state index is 0.198. The summed E-state index contributed by atoms with van der Waals surface area (Å²) < 4.78 is 11.2. The van der Waals surface area contributed by atoms with Gasteiger partial charge in [-0.25, -0.2) is 0 Å². The van der Waals surface area contributed by atoms with Gasteiger partial charge >= 0.3 is 17.4 Å². The van der Waals surface area contributed by atoms with Gasteiger partial charge in [-0.2, -0.15) is 9.97 Å². The van der Waals surface area contributed by atoms with E-state index in [9.17, 15) is 10.1 Å². The number of aryl methyl sites for hydroxylation is 3. The van der Waals surface area contributed by atoms with E-state index >= 15 is 0 Å². The van der Waals surface area contributed by atoms with E-state index in [1.54, 1.807) is 24.3 Å². The fourth-order valence-corrected chi connectivity index (χ4v) is 2.56. The third-order valence-electron chi connectivity index (χ3n) is 3.80. The number of rotatable bonds is 5. The van der Waals surface area contributed by atoms with Gasteiger partial charge in [0.2, 0.25) is 0 Å². The monoisotopic (exact) mass is 385 g/mol. The van der Waals surface area contributed by atoms with Crippen molar-refractivity contribution in [3.63, 3.8) is 0 Å². The zero-order valence-corrected chi connectivity index (χ0v) is 15.6. The molecule has 0 saturated carbocycles. The van der Waals surface area contributed by atoms with Gasteiger partial charge in [0.15, 0.2) is 0 Å². The molecule has 138 valence electrons. The lowest BCUT2D eigenvalue weighted by Crippen LogP contribution is -2.01. The van der Waals surface area contributed by atoms with E-state index in [-0.39, 0.29) is 11.8 Å². The van der Waals surface area contributed by atoms with Crippen LogP contribution in [-0.2, 0) is 0 Å². The predicted molar refractivity (Wildman–Crippen MR) is 101 cm³/mol. The molecule has 0 radical (unpaired) electrons. The number of hydrogen-bond acceptors (Lipinski definition) is 6. The molecule has 0 saturated heterocycles. The minimum Gasteiger partial charge on any atom is -0.433 e. The first-order valence-corrected chi connectivity index (χ1v) is 8.41. The van der Waals surface area contributed by atoms with Gasteiger partial charge in [-0.05, 0) is 56.2 Å². The van der Waals surface area contributed by atoms with E-state index in [1.807, 2.05) is 32.9 Å². The van der Waals surface area contributed by atoms with Gasteiger partial charge < -0.3 is 9.47 Å². The molecule has 0 aliphatic carbocycles. The Bertz CT molecular complexity index is 983. The smallest absolute Gasteiger partial charge is 0.393 e. The van der Waals surface area contributed by atoms with Crippen LogP contribution < -0.4 is 9.47 Å². The highest BCUT2D eigenvalue weighted by Crippen LogP contribution is 2.38. The van der Waals surface area contributed by atoms with E-state index in [1.165, 1.54) is 0 Å². The number of nitro groups is 1. The molecular weight excluding hydrogens is 370 g/mol. The number of benzene rings is 2. The lowest BCUT2D eigenvalue weighted by molar-refractivity contribution is -0.387. The van der Waals surface area contributed by atoms with Crippen LogP contribution in [0.5, 0.6) is 23.3 Å². The van der Waals surface area contributed by atoms with Gasteiger partial charge in [0.25, 0.3) is 0 Å². The summed E-state index contributed by atoms with van der Waals surface area (Å²) in [6.45, 7) is 5.57. The second-order valence-corrected chi connectivity index (χ2v) is 6.36. The maximum atomic E-state index is 11.6. The summed E-state index contributed by atoms with van der Waals surface area (Å²) in [4.78, 5) is 18.8. The molecular formula is C19H16ClN3O4. The van der Waals surface area contributed by atoms with Gasteiger partial charge in [-0.1, -0.05) is 29.3 Å². The predicted octanol–water partition coefficient (Wildman–Crippen LogP) is 5.55. The Morgan fingerprint density at radius 2 is 1.44 bits per heavy atom. The van der Waals surface area contributed by atoms with Crippen LogP contribution >= 0.6 is 11.6 Å². The van der Waals surface area contributed by atoms with Crippen molar-refractivity contribution in [1.82, 2.24) is 9.97 Å². The first-order chi connectivity index (χ1) is 12.8. The summed E-state index contributed by atoms with van der Waals surface area (Å²) in [5, 5.41) is 12.2. The standard InChI is InChI=1S/C19H16ClN3O4/c1-11-4-6-14(7-5-11)26-18-17(23(24)25)19(22-10-21-18)27-15-8-12(2)16(20)13(3)9-15/h4-10H,1-3H3. The van der Waals surface area contributed by atoms with Crippen LogP contribution in [0, 0.1) is 30.9 Å². The molecule has 0 N–H and O–H groups in total. The average Bonchev–Trinajstić information content (AvgIpc) is 2.61. The van der Waals surface area contributed by atoms with Crippen molar-refractivity contribution in [2.24, 2.45) is 0 Å². The Hall–Kier alpha value is -3.19. The summed E-state index contributed by atoms with van der Waals surface area (Å²) in [6, 6.07) is 10.4. The molecule has 1 aromatic heterocycles. The van der Waals surface area contributed by atoms with E-state index < -0.39 is 10.6 Å². The lowest BCUT2D eigenvalue weighted by Gasteiger charge is -2.10. The van der Waals surface area contributed by atoms with E-state index in [4.69, 9.17) is 21.1 Å². The van der Waals surface area contributed by atoms with Gasteiger partial charge in [0, 0.05) is 5.02 Å². The van der Waals surface area contributed by atoms with Crippen LogP contribution in [0.15, 0.2) is 42.7 Å². The largest absolute Gasteiger partial charge is 0.433 e. The Balaban J connectivity index is 1.98. The van der Waals surface area contributed by atoms with Gasteiger partial charge in [-0.15, -0.1) is 0 Å². The molecule has 1 heterocycles. The third-order valence-corrected chi connectivity index (χ3v) is 4.39. The second-order valence-electron chi connectivity index (χ2n) is 5.98. The lowest BCUT2D eigenvalue weighted by atomic mass is 10.1. The quantitative estimate of drug-likeness (QED) is 0.422. The van der Waals surface area contributed by atoms with Crippen LogP contribution in [0.4, 0.5) is 5.69 Å². The zero-order chi connectivity index (χ0) is 19.6. The molecule has 3 rings (SSSR count). The average molecular weight is 386 g/mol. The highest BCUT2D eigenvalue weighted by atomic mass is 35.5. The third kappa shape index (κ3) is 4.15. The molecule has 0 atom stereocenters. The minimum atomic E-state index is -0.630. The van der Waals surface area contributed by atoms with Crippen molar-refractivity contribution in [3.8, 4) is 23.3 Å². The summed E-state index contributed by atoms with van der Waals surface area (Å²) in [7, 11) is 0. The first kappa shape index (κ1) is 18.6. The fraction of sp³-hybridized carbons (Fsp3) is 0.158. The van der Waals surface area contributed by atoms with Gasteiger partial charge in [0.1, 0.15) is 17.8 Å².